The minimum atomic E-state index is -4.87. The number of hydrogen-bond acceptors (Lipinski definition) is 3. The van der Waals surface area contributed by atoms with Crippen LogP contribution in [0.1, 0.15) is 32.4 Å². The summed E-state index contributed by atoms with van der Waals surface area (Å²) in [4.78, 5) is 11.7. The molecule has 2 N–H and O–H groups in total. The maximum atomic E-state index is 12.7. The molecule has 1 aromatic carbocycles. The first-order valence-corrected chi connectivity index (χ1v) is 6.30. The maximum absolute atomic E-state index is 12.7. The molecule has 0 aliphatic carbocycles. The van der Waals surface area contributed by atoms with Crippen molar-refractivity contribution in [2.45, 2.75) is 44.7 Å². The van der Waals surface area contributed by atoms with E-state index < -0.39 is 30.0 Å². The molecule has 1 rings (SSSR count). The number of hydrogen-bond donors (Lipinski definition) is 2. The van der Waals surface area contributed by atoms with Gasteiger partial charge < -0.3 is 15.2 Å². The highest BCUT2D eigenvalue weighted by Gasteiger charge is 2.45. The van der Waals surface area contributed by atoms with Gasteiger partial charge in [-0.15, -0.1) is 0 Å². The Morgan fingerprint density at radius 3 is 2.14 bits per heavy atom. The van der Waals surface area contributed by atoms with Crippen molar-refractivity contribution < 1.29 is 27.8 Å². The van der Waals surface area contributed by atoms with Gasteiger partial charge in [0, 0.05) is 0 Å². The number of halogens is 3. The lowest BCUT2D eigenvalue weighted by atomic mass is 10.0. The molecule has 4 nitrogen and oxygen atoms in total. The van der Waals surface area contributed by atoms with Crippen molar-refractivity contribution >= 4 is 6.09 Å². The Labute approximate surface area is 120 Å². The molecule has 7 heteroatoms. The number of carbonyl (C=O) groups is 1. The molecule has 0 aliphatic rings. The summed E-state index contributed by atoms with van der Waals surface area (Å²) in [6.45, 7) is 4.76. The predicted octanol–water partition coefficient (Wildman–Crippen LogP) is 3.18. The lowest BCUT2D eigenvalue weighted by Gasteiger charge is -2.28. The standard InChI is InChI=1S/C14H18F3NO3/c1-13(2,3)21-12(20)18-10(11(19)14(15,16)17)9-7-5-4-6-8-9/h4-8,10-11,19H,1-3H3,(H,18,20)/t10-,11+/m0/s1. The minimum absolute atomic E-state index is 0.133. The van der Waals surface area contributed by atoms with Gasteiger partial charge in [-0.2, -0.15) is 13.2 Å². The van der Waals surface area contributed by atoms with E-state index in [-0.39, 0.29) is 5.56 Å². The van der Waals surface area contributed by atoms with Crippen LogP contribution in [0.5, 0.6) is 0 Å². The molecule has 2 atom stereocenters. The Bertz CT molecular complexity index is 469. The first-order chi connectivity index (χ1) is 9.50. The van der Waals surface area contributed by atoms with Crippen molar-refractivity contribution in [3.63, 3.8) is 0 Å². The third kappa shape index (κ3) is 5.63. The zero-order valence-electron chi connectivity index (χ0n) is 11.9. The molecule has 1 aromatic rings. The van der Waals surface area contributed by atoms with Gasteiger partial charge in [-0.3, -0.25) is 0 Å². The molecule has 1 amide bonds. The van der Waals surface area contributed by atoms with E-state index in [0.29, 0.717) is 0 Å². The second-order valence-electron chi connectivity index (χ2n) is 5.52. The van der Waals surface area contributed by atoms with Crippen molar-refractivity contribution in [3.8, 4) is 0 Å². The molecule has 0 saturated heterocycles. The first-order valence-electron chi connectivity index (χ1n) is 6.30. The van der Waals surface area contributed by atoms with E-state index in [9.17, 15) is 23.1 Å². The zero-order valence-corrected chi connectivity index (χ0v) is 11.9. The van der Waals surface area contributed by atoms with Crippen LogP contribution in [-0.2, 0) is 4.74 Å². The van der Waals surface area contributed by atoms with Gasteiger partial charge in [-0.25, -0.2) is 4.79 Å². The Hall–Kier alpha value is -1.76. The molecule has 0 aliphatic heterocycles. The Balaban J connectivity index is 2.96. The number of nitrogens with one attached hydrogen (secondary N) is 1. The van der Waals surface area contributed by atoms with Crippen LogP contribution in [0.4, 0.5) is 18.0 Å². The van der Waals surface area contributed by atoms with E-state index in [2.05, 4.69) is 5.32 Å². The summed E-state index contributed by atoms with van der Waals surface area (Å²) in [6.07, 6.45) is -8.62. The van der Waals surface area contributed by atoms with Gasteiger partial charge in [0.25, 0.3) is 0 Å². The predicted molar refractivity (Wildman–Crippen MR) is 70.6 cm³/mol. The molecule has 0 saturated carbocycles. The zero-order chi connectivity index (χ0) is 16.3. The molecule has 0 aromatic heterocycles. The third-order valence-electron chi connectivity index (χ3n) is 2.48. The van der Waals surface area contributed by atoms with Crippen molar-refractivity contribution in [3.05, 3.63) is 35.9 Å². The number of carbonyl (C=O) groups excluding carboxylic acids is 1. The fraction of sp³-hybridized carbons (Fsp3) is 0.500. The summed E-state index contributed by atoms with van der Waals surface area (Å²) >= 11 is 0. The van der Waals surface area contributed by atoms with Crippen molar-refractivity contribution in [1.29, 1.82) is 0 Å². The van der Waals surface area contributed by atoms with E-state index in [0.717, 1.165) is 0 Å². The summed E-state index contributed by atoms with van der Waals surface area (Å²) in [7, 11) is 0. The van der Waals surface area contributed by atoms with Crippen molar-refractivity contribution in [2.75, 3.05) is 0 Å². The fourth-order valence-electron chi connectivity index (χ4n) is 1.63. The van der Waals surface area contributed by atoms with Gasteiger partial charge >= 0.3 is 12.3 Å². The smallest absolute Gasteiger partial charge is 0.416 e. The van der Waals surface area contributed by atoms with Crippen LogP contribution < -0.4 is 5.32 Å². The molecule has 21 heavy (non-hydrogen) atoms. The highest BCUT2D eigenvalue weighted by molar-refractivity contribution is 5.68. The van der Waals surface area contributed by atoms with Crippen molar-refractivity contribution in [1.82, 2.24) is 5.32 Å². The first kappa shape index (κ1) is 17.3. The van der Waals surface area contributed by atoms with Gasteiger partial charge in [0.2, 0.25) is 0 Å². The van der Waals surface area contributed by atoms with E-state index in [1.807, 2.05) is 0 Å². The molecular formula is C14H18F3NO3. The van der Waals surface area contributed by atoms with Gasteiger partial charge in [-0.1, -0.05) is 30.3 Å². The average Bonchev–Trinajstić information content (AvgIpc) is 2.33. The van der Waals surface area contributed by atoms with E-state index in [1.54, 1.807) is 26.8 Å². The number of rotatable bonds is 3. The van der Waals surface area contributed by atoms with Crippen LogP contribution in [0, 0.1) is 0 Å². The summed E-state index contributed by atoms with van der Waals surface area (Å²) in [5, 5.41) is 11.5. The topological polar surface area (TPSA) is 58.6 Å². The molecule has 0 bridgehead atoms. The van der Waals surface area contributed by atoms with E-state index >= 15 is 0 Å². The Morgan fingerprint density at radius 2 is 1.71 bits per heavy atom. The van der Waals surface area contributed by atoms with Crippen molar-refractivity contribution in [2.24, 2.45) is 0 Å². The van der Waals surface area contributed by atoms with Crippen LogP contribution in [0.3, 0.4) is 0 Å². The highest BCUT2D eigenvalue weighted by atomic mass is 19.4. The maximum Gasteiger partial charge on any atom is 0.416 e. The molecule has 118 valence electrons. The lowest BCUT2D eigenvalue weighted by Crippen LogP contribution is -2.45. The molecular weight excluding hydrogens is 287 g/mol. The summed E-state index contributed by atoms with van der Waals surface area (Å²) in [5.41, 5.74) is -0.720. The van der Waals surface area contributed by atoms with E-state index in [1.165, 1.54) is 24.3 Å². The Kier molecular flexibility index (Phi) is 5.22. The molecule has 0 radical (unpaired) electrons. The largest absolute Gasteiger partial charge is 0.444 e. The summed E-state index contributed by atoms with van der Waals surface area (Å²) in [6, 6.07) is 5.79. The number of alkyl halides is 3. The SMILES string of the molecule is CC(C)(C)OC(=O)N[C@@H](c1ccccc1)[C@@H](O)C(F)(F)F. The monoisotopic (exact) mass is 305 g/mol. The molecule has 0 fully saturated rings. The van der Waals surface area contributed by atoms with Gasteiger partial charge in [0.05, 0.1) is 6.04 Å². The van der Waals surface area contributed by atoms with Gasteiger partial charge in [0.1, 0.15) is 5.60 Å². The number of aliphatic hydroxyl groups excluding tert-OH is 1. The van der Waals surface area contributed by atoms with Crippen LogP contribution in [0.2, 0.25) is 0 Å². The minimum Gasteiger partial charge on any atom is -0.444 e. The molecule has 0 heterocycles. The fourth-order valence-corrected chi connectivity index (χ4v) is 1.63. The molecule has 0 spiro atoms. The number of aliphatic hydroxyl groups is 1. The number of amides is 1. The van der Waals surface area contributed by atoms with Gasteiger partial charge in [0.15, 0.2) is 6.10 Å². The van der Waals surface area contributed by atoms with Crippen LogP contribution in [0.15, 0.2) is 30.3 Å². The normalized spacial score (nSPS) is 15.2. The van der Waals surface area contributed by atoms with Crippen LogP contribution >= 0.6 is 0 Å². The van der Waals surface area contributed by atoms with Crippen LogP contribution in [-0.4, -0.2) is 29.1 Å². The number of benzene rings is 1. The summed E-state index contributed by atoms with van der Waals surface area (Å²) in [5.74, 6) is 0. The summed E-state index contributed by atoms with van der Waals surface area (Å²) < 4.78 is 43.1. The third-order valence-corrected chi connectivity index (χ3v) is 2.48. The van der Waals surface area contributed by atoms with Crippen LogP contribution in [0.25, 0.3) is 0 Å². The Morgan fingerprint density at radius 1 is 1.19 bits per heavy atom. The van der Waals surface area contributed by atoms with Gasteiger partial charge in [-0.05, 0) is 26.3 Å². The van der Waals surface area contributed by atoms with E-state index in [4.69, 9.17) is 4.74 Å². The lowest BCUT2D eigenvalue weighted by molar-refractivity contribution is -0.212. The number of alkyl carbamates (subject to hydrolysis) is 1. The second-order valence-corrected chi connectivity index (χ2v) is 5.52. The molecule has 0 unspecified atom stereocenters. The average molecular weight is 305 g/mol. The second kappa shape index (κ2) is 6.34. The highest BCUT2D eigenvalue weighted by Crippen LogP contribution is 2.30. The quantitative estimate of drug-likeness (QED) is 0.901. The number of ether oxygens (including phenoxy) is 1.